The Morgan fingerprint density at radius 2 is 1.86 bits per heavy atom. The fraction of sp³-hybridized carbons (Fsp3) is 0.516. The first-order valence-corrected chi connectivity index (χ1v) is 18.6. The molecule has 0 spiro atoms. The topological polar surface area (TPSA) is 139 Å². The number of fused-ring (bicyclic) bond motifs is 4. The molecule has 1 saturated heterocycles. The summed E-state index contributed by atoms with van der Waals surface area (Å²) in [6.07, 6.45) is 5.80. The molecule has 1 aromatic carbocycles. The Balaban J connectivity index is 1.61. The number of esters is 1. The third kappa shape index (κ3) is 8.73. The normalized spacial score (nSPS) is 25.5. The second-order valence-corrected chi connectivity index (χ2v) is 18.1. The van der Waals surface area contributed by atoms with E-state index in [9.17, 15) is 19.2 Å². The van der Waals surface area contributed by atoms with E-state index in [-0.39, 0.29) is 22.4 Å². The van der Waals surface area contributed by atoms with Gasteiger partial charge in [-0.05, 0) is 12.5 Å². The molecule has 2 aliphatic heterocycles. The van der Waals surface area contributed by atoms with E-state index in [1.807, 2.05) is 31.2 Å². The number of nitrogens with one attached hydrogen (secondary N) is 3. The molecule has 1 aromatic heterocycles. The fourth-order valence-electron chi connectivity index (χ4n) is 4.61. The van der Waals surface area contributed by atoms with E-state index in [1.165, 1.54) is 5.01 Å². The van der Waals surface area contributed by atoms with Crippen LogP contribution in [0, 0.1) is 0 Å². The third-order valence-electron chi connectivity index (χ3n) is 7.43. The zero-order chi connectivity index (χ0) is 31.3. The maximum absolute atomic E-state index is 13.3. The van der Waals surface area contributed by atoms with Crippen molar-refractivity contribution in [2.45, 2.75) is 81.5 Å². The standard InChI is InChI=1S/C31H42IN5O6/c1-19-29(40)37-14-8-10-25(36-37)30(41)43-20(2)21-12-13-22-17-33-24(16-23(22)15-21)9-7-11-27(38)35-26(28(39)34-19)18-42-32(6)31(3,4)5/h7,9,12-13,15-17,19-20,25-26,36H,8,10-11,14,18H2,1-6H3,(H,34,39)(H,35,38)/b9-7+/t19?,20-,25?,26?/m1/s1. The first kappa shape index (κ1) is 32.8. The molecule has 4 atom stereocenters. The van der Waals surface area contributed by atoms with Gasteiger partial charge in [0.2, 0.25) is 0 Å². The van der Waals surface area contributed by atoms with Gasteiger partial charge in [-0.3, -0.25) is 0 Å². The van der Waals surface area contributed by atoms with E-state index in [0.29, 0.717) is 25.1 Å². The fourth-order valence-corrected chi connectivity index (χ4v) is 6.45. The van der Waals surface area contributed by atoms with Crippen molar-refractivity contribution in [3.8, 4) is 0 Å². The van der Waals surface area contributed by atoms with E-state index in [1.54, 1.807) is 25.3 Å². The van der Waals surface area contributed by atoms with Gasteiger partial charge in [0.25, 0.3) is 0 Å². The second kappa shape index (κ2) is 14.1. The van der Waals surface area contributed by atoms with Crippen LogP contribution in [-0.4, -0.2) is 73.3 Å². The summed E-state index contributed by atoms with van der Waals surface area (Å²) in [7, 11) is 0. The van der Waals surface area contributed by atoms with Gasteiger partial charge in [-0.25, -0.2) is 0 Å². The molecule has 4 rings (SSSR count). The molecule has 234 valence electrons. The Kier molecular flexibility index (Phi) is 10.8. The molecule has 3 N–H and O–H groups in total. The van der Waals surface area contributed by atoms with E-state index >= 15 is 0 Å². The summed E-state index contributed by atoms with van der Waals surface area (Å²) >= 11 is -1.89. The molecule has 5 bridgehead atoms. The number of amides is 3. The molecular weight excluding hydrogens is 665 g/mol. The van der Waals surface area contributed by atoms with Crippen LogP contribution in [0.25, 0.3) is 16.8 Å². The number of halogens is 1. The van der Waals surface area contributed by atoms with Crippen LogP contribution >= 0.6 is 20.2 Å². The molecule has 1 fully saturated rings. The Labute approximate surface area is 260 Å². The number of alkyl halides is 2. The van der Waals surface area contributed by atoms with Gasteiger partial charge < -0.3 is 0 Å². The summed E-state index contributed by atoms with van der Waals surface area (Å²) in [6.45, 7) is 10.0. The Bertz CT molecular complexity index is 1390. The van der Waals surface area contributed by atoms with Crippen LogP contribution in [0.2, 0.25) is 0 Å². The van der Waals surface area contributed by atoms with Gasteiger partial charge in [-0.2, -0.15) is 0 Å². The number of pyridine rings is 1. The second-order valence-electron chi connectivity index (χ2n) is 11.8. The van der Waals surface area contributed by atoms with Gasteiger partial charge in [0.1, 0.15) is 6.10 Å². The SMILES string of the molecule is CC1NC(=O)C(COI(C)C(C)(C)C)NC(=O)C/C=C/c2cc3cc(ccc3cn2)[C@@H](C)OC(=O)C2CCCN(N2)C1=O. The van der Waals surface area contributed by atoms with Crippen molar-refractivity contribution in [3.05, 3.63) is 47.8 Å². The van der Waals surface area contributed by atoms with Crippen LogP contribution in [0.5, 0.6) is 0 Å². The van der Waals surface area contributed by atoms with E-state index in [0.717, 1.165) is 16.3 Å². The molecular formula is C31H42IN5O6. The number of cyclic esters (lactones) is 1. The van der Waals surface area contributed by atoms with Crippen molar-refractivity contribution < 1.29 is 27.0 Å². The summed E-state index contributed by atoms with van der Waals surface area (Å²) in [5, 5.41) is 8.72. The number of nitrogens with zero attached hydrogens (tertiary/aromatic N) is 2. The number of rotatable bonds is 3. The van der Waals surface area contributed by atoms with Crippen molar-refractivity contribution in [3.63, 3.8) is 0 Å². The zero-order valence-corrected chi connectivity index (χ0v) is 27.8. The number of benzene rings is 1. The van der Waals surface area contributed by atoms with Gasteiger partial charge in [-0.15, -0.1) is 0 Å². The number of carbonyl (C=O) groups excluding carboxylic acids is 4. The van der Waals surface area contributed by atoms with Gasteiger partial charge in [0.15, 0.2) is 0 Å². The molecule has 0 radical (unpaired) electrons. The molecule has 3 amide bonds. The minimum absolute atomic E-state index is 0.00342. The van der Waals surface area contributed by atoms with Crippen LogP contribution in [0.4, 0.5) is 0 Å². The Hall–Kier alpha value is -3.10. The van der Waals surface area contributed by atoms with Crippen molar-refractivity contribution in [1.82, 2.24) is 26.1 Å². The number of hydrazine groups is 1. The maximum atomic E-state index is 13.3. The molecule has 3 heterocycles. The molecule has 2 aliphatic rings. The molecule has 0 aliphatic carbocycles. The van der Waals surface area contributed by atoms with Crippen molar-refractivity contribution in [2.75, 3.05) is 18.1 Å². The van der Waals surface area contributed by atoms with Crippen molar-refractivity contribution in [1.29, 1.82) is 0 Å². The van der Waals surface area contributed by atoms with E-state index < -0.39 is 62.2 Å². The van der Waals surface area contributed by atoms with Crippen molar-refractivity contribution >= 4 is 60.8 Å². The average Bonchev–Trinajstić information content (AvgIpc) is 2.97. The van der Waals surface area contributed by atoms with Gasteiger partial charge in [0, 0.05) is 0 Å². The van der Waals surface area contributed by atoms with Crippen LogP contribution in [-0.2, 0) is 27.0 Å². The third-order valence-corrected chi connectivity index (χ3v) is 13.3. The summed E-state index contributed by atoms with van der Waals surface area (Å²) in [4.78, 5) is 59.2. The Morgan fingerprint density at radius 1 is 1.09 bits per heavy atom. The van der Waals surface area contributed by atoms with E-state index in [2.05, 4.69) is 46.7 Å². The molecule has 43 heavy (non-hydrogen) atoms. The number of hydrogen-bond acceptors (Lipinski definition) is 8. The Morgan fingerprint density at radius 3 is 2.60 bits per heavy atom. The summed E-state index contributed by atoms with van der Waals surface area (Å²) in [5.74, 6) is -1.72. The first-order chi connectivity index (χ1) is 20.3. The molecule has 3 unspecified atom stereocenters. The summed E-state index contributed by atoms with van der Waals surface area (Å²) in [6, 6.07) is 5.08. The quantitative estimate of drug-likeness (QED) is 0.250. The van der Waals surface area contributed by atoms with E-state index in [4.69, 9.17) is 7.80 Å². The van der Waals surface area contributed by atoms with Crippen LogP contribution < -0.4 is 16.1 Å². The van der Waals surface area contributed by atoms with Crippen LogP contribution in [0.15, 0.2) is 36.5 Å². The van der Waals surface area contributed by atoms with Crippen LogP contribution in [0.3, 0.4) is 0 Å². The molecule has 11 nitrogen and oxygen atoms in total. The number of ether oxygens (including phenoxy) is 1. The van der Waals surface area contributed by atoms with Gasteiger partial charge in [0.05, 0.1) is 0 Å². The van der Waals surface area contributed by atoms with Gasteiger partial charge in [-0.1, -0.05) is 12.1 Å². The first-order valence-electron chi connectivity index (χ1n) is 14.5. The van der Waals surface area contributed by atoms with Crippen LogP contribution in [0.1, 0.15) is 71.2 Å². The number of carbonyl (C=O) groups is 4. The number of aromatic nitrogens is 1. The predicted octanol–water partition coefficient (Wildman–Crippen LogP) is 3.61. The summed E-state index contributed by atoms with van der Waals surface area (Å²) < 4.78 is 11.9. The molecule has 2 aromatic rings. The summed E-state index contributed by atoms with van der Waals surface area (Å²) in [5.41, 5.74) is 4.48. The number of hydrogen-bond donors (Lipinski definition) is 3. The predicted molar refractivity (Wildman–Crippen MR) is 173 cm³/mol. The molecule has 12 heteroatoms. The minimum atomic E-state index is -1.89. The zero-order valence-electron chi connectivity index (χ0n) is 25.6. The monoisotopic (exact) mass is 707 g/mol. The van der Waals surface area contributed by atoms with Gasteiger partial charge >= 0.3 is 230 Å². The molecule has 0 saturated carbocycles. The average molecular weight is 708 g/mol. The van der Waals surface area contributed by atoms with Crippen molar-refractivity contribution in [2.24, 2.45) is 0 Å².